The molecular weight excluding hydrogens is 240 g/mol. The Morgan fingerprint density at radius 3 is 3.11 bits per heavy atom. The molecule has 0 aromatic heterocycles. The summed E-state index contributed by atoms with van der Waals surface area (Å²) in [6.45, 7) is 1.33. The molecule has 4 heteroatoms. The predicted molar refractivity (Wildman–Crippen MR) is 72.2 cm³/mol. The van der Waals surface area contributed by atoms with Crippen LogP contribution in [0.2, 0.25) is 0 Å². The van der Waals surface area contributed by atoms with Crippen molar-refractivity contribution in [3.63, 3.8) is 0 Å². The Balaban J connectivity index is 1.87. The first-order chi connectivity index (χ1) is 9.29. The van der Waals surface area contributed by atoms with E-state index >= 15 is 0 Å². The van der Waals surface area contributed by atoms with E-state index in [9.17, 15) is 4.79 Å². The second-order valence-corrected chi connectivity index (χ2v) is 4.41. The highest BCUT2D eigenvalue weighted by Gasteiger charge is 2.15. The molecule has 0 spiro atoms. The smallest absolute Gasteiger partial charge is 0.244 e. The third-order valence-electron chi connectivity index (χ3n) is 3.02. The molecule has 0 radical (unpaired) electrons. The summed E-state index contributed by atoms with van der Waals surface area (Å²) in [6, 6.07) is 9.26. The number of benzene rings is 1. The minimum Gasteiger partial charge on any atom is -0.376 e. The van der Waals surface area contributed by atoms with Gasteiger partial charge in [-0.2, -0.15) is 5.26 Å². The van der Waals surface area contributed by atoms with Crippen molar-refractivity contribution in [1.29, 1.82) is 5.26 Å². The number of nitrogens with zero attached hydrogens (tertiary/aromatic N) is 1. The van der Waals surface area contributed by atoms with Gasteiger partial charge in [-0.25, -0.2) is 0 Å². The number of carbonyl (C=O) groups is 1. The number of rotatable bonds is 4. The van der Waals surface area contributed by atoms with E-state index in [0.29, 0.717) is 12.1 Å². The molecule has 2 rings (SSSR count). The fraction of sp³-hybridized carbons (Fsp3) is 0.333. The summed E-state index contributed by atoms with van der Waals surface area (Å²) in [6.07, 6.45) is 5.31. The van der Waals surface area contributed by atoms with Crippen LogP contribution in [-0.4, -0.2) is 25.2 Å². The third kappa shape index (κ3) is 3.94. The van der Waals surface area contributed by atoms with Crippen LogP contribution in [0.15, 0.2) is 30.3 Å². The molecule has 0 saturated carbocycles. The van der Waals surface area contributed by atoms with E-state index in [0.717, 1.165) is 25.0 Å². The van der Waals surface area contributed by atoms with Crippen LogP contribution >= 0.6 is 0 Å². The van der Waals surface area contributed by atoms with Gasteiger partial charge in [-0.15, -0.1) is 0 Å². The normalized spacial score (nSPS) is 18.4. The van der Waals surface area contributed by atoms with E-state index in [1.807, 2.05) is 12.1 Å². The van der Waals surface area contributed by atoms with Crippen molar-refractivity contribution in [2.24, 2.45) is 0 Å². The van der Waals surface area contributed by atoms with Crippen molar-refractivity contribution >= 4 is 12.0 Å². The Morgan fingerprint density at radius 2 is 2.37 bits per heavy atom. The molecule has 1 fully saturated rings. The van der Waals surface area contributed by atoms with E-state index in [1.165, 1.54) is 6.08 Å². The first kappa shape index (κ1) is 13.3. The maximum Gasteiger partial charge on any atom is 0.244 e. The topological polar surface area (TPSA) is 62.1 Å². The first-order valence-electron chi connectivity index (χ1n) is 6.36. The largest absolute Gasteiger partial charge is 0.376 e. The van der Waals surface area contributed by atoms with Crippen molar-refractivity contribution in [2.75, 3.05) is 13.2 Å². The summed E-state index contributed by atoms with van der Waals surface area (Å²) in [4.78, 5) is 11.6. The molecule has 1 saturated heterocycles. The van der Waals surface area contributed by atoms with Crippen LogP contribution in [0.1, 0.15) is 24.0 Å². The highest BCUT2D eigenvalue weighted by molar-refractivity contribution is 5.92. The molecular formula is C15H16N2O2. The Labute approximate surface area is 112 Å². The lowest BCUT2D eigenvalue weighted by molar-refractivity contribution is -0.116. The summed E-state index contributed by atoms with van der Waals surface area (Å²) in [5.41, 5.74) is 1.31. The van der Waals surface area contributed by atoms with E-state index in [1.54, 1.807) is 18.2 Å². The Hall–Kier alpha value is -2.12. The zero-order valence-electron chi connectivity index (χ0n) is 10.6. The van der Waals surface area contributed by atoms with Crippen LogP contribution in [0.4, 0.5) is 0 Å². The molecule has 1 heterocycles. The molecule has 1 N–H and O–H groups in total. The minimum atomic E-state index is -0.164. The molecule has 1 aliphatic rings. The molecule has 0 bridgehead atoms. The molecule has 1 aliphatic heterocycles. The second kappa shape index (κ2) is 6.72. The maximum absolute atomic E-state index is 11.6. The van der Waals surface area contributed by atoms with E-state index in [4.69, 9.17) is 10.00 Å². The number of hydrogen-bond acceptors (Lipinski definition) is 3. The average Bonchev–Trinajstić information content (AvgIpc) is 2.96. The fourth-order valence-corrected chi connectivity index (χ4v) is 1.99. The molecule has 0 aliphatic carbocycles. The van der Waals surface area contributed by atoms with Crippen LogP contribution in [0.5, 0.6) is 0 Å². The second-order valence-electron chi connectivity index (χ2n) is 4.41. The minimum absolute atomic E-state index is 0.142. The van der Waals surface area contributed by atoms with E-state index < -0.39 is 0 Å². The van der Waals surface area contributed by atoms with E-state index in [2.05, 4.69) is 11.4 Å². The van der Waals surface area contributed by atoms with Gasteiger partial charge in [0.25, 0.3) is 0 Å². The number of amides is 1. The lowest BCUT2D eigenvalue weighted by atomic mass is 10.1. The van der Waals surface area contributed by atoms with Gasteiger partial charge in [-0.1, -0.05) is 18.2 Å². The van der Waals surface area contributed by atoms with Crippen molar-refractivity contribution < 1.29 is 9.53 Å². The highest BCUT2D eigenvalue weighted by Crippen LogP contribution is 2.11. The summed E-state index contributed by atoms with van der Waals surface area (Å²) in [5.74, 6) is -0.164. The molecule has 1 amide bonds. The van der Waals surface area contributed by atoms with Crippen LogP contribution in [-0.2, 0) is 9.53 Å². The molecule has 1 unspecified atom stereocenters. The van der Waals surface area contributed by atoms with Gasteiger partial charge >= 0.3 is 0 Å². The lowest BCUT2D eigenvalue weighted by Crippen LogP contribution is -2.30. The van der Waals surface area contributed by atoms with Crippen molar-refractivity contribution in [2.45, 2.75) is 18.9 Å². The van der Waals surface area contributed by atoms with Crippen molar-refractivity contribution in [3.8, 4) is 6.07 Å². The SMILES string of the molecule is N#Cc1ccccc1/C=C/C(=O)NCC1CCCO1. The maximum atomic E-state index is 11.6. The van der Waals surface area contributed by atoms with Gasteiger partial charge in [0, 0.05) is 19.2 Å². The number of nitrogens with one attached hydrogen (secondary N) is 1. The Kier molecular flexibility index (Phi) is 4.71. The summed E-state index contributed by atoms with van der Waals surface area (Å²) in [7, 11) is 0. The number of nitriles is 1. The van der Waals surface area contributed by atoms with Crippen LogP contribution < -0.4 is 5.32 Å². The fourth-order valence-electron chi connectivity index (χ4n) is 1.99. The summed E-state index contributed by atoms with van der Waals surface area (Å²) < 4.78 is 5.42. The van der Waals surface area contributed by atoms with Gasteiger partial charge in [0.1, 0.15) is 0 Å². The number of ether oxygens (including phenoxy) is 1. The third-order valence-corrected chi connectivity index (χ3v) is 3.02. The Bertz CT molecular complexity index is 511. The van der Waals surface area contributed by atoms with Gasteiger partial charge in [0.2, 0.25) is 5.91 Å². The average molecular weight is 256 g/mol. The molecule has 1 aromatic carbocycles. The first-order valence-corrected chi connectivity index (χ1v) is 6.36. The predicted octanol–water partition coefficient (Wildman–Crippen LogP) is 1.87. The van der Waals surface area contributed by atoms with Crippen LogP contribution in [0, 0.1) is 11.3 Å². The molecule has 4 nitrogen and oxygen atoms in total. The van der Waals surface area contributed by atoms with Crippen molar-refractivity contribution in [1.82, 2.24) is 5.32 Å². The van der Waals surface area contributed by atoms with Crippen molar-refractivity contribution in [3.05, 3.63) is 41.5 Å². The standard InChI is InChI=1S/C15H16N2O2/c16-10-13-5-2-1-4-12(13)7-8-15(18)17-11-14-6-3-9-19-14/h1-2,4-5,7-8,14H,3,6,9,11H2,(H,17,18)/b8-7+. The quantitative estimate of drug-likeness (QED) is 0.836. The molecule has 98 valence electrons. The van der Waals surface area contributed by atoms with Crippen LogP contribution in [0.3, 0.4) is 0 Å². The summed E-state index contributed by atoms with van der Waals surface area (Å²) in [5, 5.41) is 11.7. The summed E-state index contributed by atoms with van der Waals surface area (Å²) >= 11 is 0. The highest BCUT2D eigenvalue weighted by atomic mass is 16.5. The number of carbonyl (C=O) groups excluding carboxylic acids is 1. The van der Waals surface area contributed by atoms with Gasteiger partial charge in [-0.3, -0.25) is 4.79 Å². The molecule has 1 atom stereocenters. The zero-order chi connectivity index (χ0) is 13.5. The van der Waals surface area contributed by atoms with Gasteiger partial charge < -0.3 is 10.1 Å². The lowest BCUT2D eigenvalue weighted by Gasteiger charge is -2.08. The molecule has 1 aromatic rings. The van der Waals surface area contributed by atoms with Crippen LogP contribution in [0.25, 0.3) is 6.08 Å². The number of hydrogen-bond donors (Lipinski definition) is 1. The zero-order valence-corrected chi connectivity index (χ0v) is 10.6. The van der Waals surface area contributed by atoms with E-state index in [-0.39, 0.29) is 12.0 Å². The van der Waals surface area contributed by atoms with Gasteiger partial charge in [-0.05, 0) is 30.5 Å². The van der Waals surface area contributed by atoms with Gasteiger partial charge in [0.05, 0.1) is 17.7 Å². The van der Waals surface area contributed by atoms with Gasteiger partial charge in [0.15, 0.2) is 0 Å². The monoisotopic (exact) mass is 256 g/mol. The Morgan fingerprint density at radius 1 is 1.53 bits per heavy atom. The molecule has 19 heavy (non-hydrogen) atoms.